The number of nitro benzene ring substituents is 1. The van der Waals surface area contributed by atoms with Crippen LogP contribution in [-0.2, 0) is 6.54 Å². The van der Waals surface area contributed by atoms with Crippen LogP contribution in [0.3, 0.4) is 0 Å². The number of nitrogens with one attached hydrogen (secondary N) is 1. The molecule has 0 radical (unpaired) electrons. The number of halogens is 2. The first-order valence-electron chi connectivity index (χ1n) is 5.81. The van der Waals surface area contributed by atoms with E-state index >= 15 is 0 Å². The number of benzene rings is 1. The van der Waals surface area contributed by atoms with Crippen molar-refractivity contribution in [3.05, 3.63) is 67.9 Å². The topological polar surface area (TPSA) is 85.1 Å². The number of aromatic nitrogens is 1. The number of carbonyl (C=O) groups is 1. The second-order valence-corrected chi connectivity index (χ2v) is 4.84. The van der Waals surface area contributed by atoms with E-state index in [0.29, 0.717) is 5.56 Å². The molecule has 0 fully saturated rings. The van der Waals surface area contributed by atoms with Gasteiger partial charge in [0.25, 0.3) is 11.6 Å². The first-order chi connectivity index (χ1) is 9.97. The van der Waals surface area contributed by atoms with Crippen molar-refractivity contribution in [2.75, 3.05) is 0 Å². The standard InChI is InChI=1S/C13H9Cl2N3O3/c14-11-5-9(6-12(15)17-11)13(19)16-7-8-3-1-2-4-10(8)18(20)21/h1-6H,7H2,(H,16,19). The van der Waals surface area contributed by atoms with E-state index in [4.69, 9.17) is 23.2 Å². The van der Waals surface area contributed by atoms with Gasteiger partial charge in [0, 0.05) is 23.7 Å². The molecule has 21 heavy (non-hydrogen) atoms. The predicted octanol–water partition coefficient (Wildman–Crippen LogP) is 3.23. The minimum Gasteiger partial charge on any atom is -0.348 e. The van der Waals surface area contributed by atoms with E-state index in [0.717, 1.165) is 0 Å². The van der Waals surface area contributed by atoms with Crippen LogP contribution < -0.4 is 5.32 Å². The molecule has 0 saturated carbocycles. The smallest absolute Gasteiger partial charge is 0.274 e. The molecule has 1 amide bonds. The summed E-state index contributed by atoms with van der Waals surface area (Å²) in [5.41, 5.74) is 0.587. The van der Waals surface area contributed by atoms with E-state index in [1.807, 2.05) is 0 Å². The Morgan fingerprint density at radius 3 is 2.48 bits per heavy atom. The zero-order valence-electron chi connectivity index (χ0n) is 10.5. The van der Waals surface area contributed by atoms with E-state index in [9.17, 15) is 14.9 Å². The van der Waals surface area contributed by atoms with Gasteiger partial charge in [0.15, 0.2) is 0 Å². The fourth-order valence-corrected chi connectivity index (χ4v) is 2.17. The third kappa shape index (κ3) is 3.90. The summed E-state index contributed by atoms with van der Waals surface area (Å²) in [5, 5.41) is 13.6. The molecular weight excluding hydrogens is 317 g/mol. The second kappa shape index (κ2) is 6.51. The van der Waals surface area contributed by atoms with Gasteiger partial charge in [0.1, 0.15) is 10.3 Å². The minimum absolute atomic E-state index is 0.0214. The van der Waals surface area contributed by atoms with Gasteiger partial charge < -0.3 is 5.32 Å². The van der Waals surface area contributed by atoms with E-state index in [-0.39, 0.29) is 28.1 Å². The normalized spacial score (nSPS) is 10.2. The monoisotopic (exact) mass is 325 g/mol. The lowest BCUT2D eigenvalue weighted by Gasteiger charge is -2.06. The molecule has 1 N–H and O–H groups in total. The lowest BCUT2D eigenvalue weighted by molar-refractivity contribution is -0.385. The molecule has 0 spiro atoms. The molecule has 0 aliphatic heterocycles. The van der Waals surface area contributed by atoms with Crippen LogP contribution in [-0.4, -0.2) is 15.8 Å². The average molecular weight is 326 g/mol. The number of nitrogens with zero attached hydrogens (tertiary/aromatic N) is 2. The minimum atomic E-state index is -0.498. The molecule has 0 atom stereocenters. The largest absolute Gasteiger partial charge is 0.348 e. The summed E-state index contributed by atoms with van der Waals surface area (Å²) in [7, 11) is 0. The number of para-hydroxylation sites is 1. The number of hydrogen-bond acceptors (Lipinski definition) is 4. The van der Waals surface area contributed by atoms with Gasteiger partial charge in [-0.05, 0) is 12.1 Å². The third-order valence-electron chi connectivity index (χ3n) is 2.65. The Kier molecular flexibility index (Phi) is 4.72. The van der Waals surface area contributed by atoms with Crippen molar-refractivity contribution in [3.8, 4) is 0 Å². The van der Waals surface area contributed by atoms with Crippen molar-refractivity contribution in [1.29, 1.82) is 0 Å². The van der Waals surface area contributed by atoms with Crippen molar-refractivity contribution in [3.63, 3.8) is 0 Å². The van der Waals surface area contributed by atoms with Crippen molar-refractivity contribution in [2.45, 2.75) is 6.54 Å². The number of nitro groups is 1. The van der Waals surface area contributed by atoms with Crippen LogP contribution >= 0.6 is 23.2 Å². The lowest BCUT2D eigenvalue weighted by Crippen LogP contribution is -2.23. The number of hydrogen-bond donors (Lipinski definition) is 1. The van der Waals surface area contributed by atoms with E-state index < -0.39 is 10.8 Å². The van der Waals surface area contributed by atoms with E-state index in [1.54, 1.807) is 18.2 Å². The zero-order valence-corrected chi connectivity index (χ0v) is 12.1. The molecule has 1 heterocycles. The SMILES string of the molecule is O=C(NCc1ccccc1[N+](=O)[O-])c1cc(Cl)nc(Cl)c1. The summed E-state index contributed by atoms with van der Waals surface area (Å²) >= 11 is 11.4. The van der Waals surface area contributed by atoms with Gasteiger partial charge in [-0.15, -0.1) is 0 Å². The maximum Gasteiger partial charge on any atom is 0.274 e. The molecule has 1 aromatic carbocycles. The summed E-state index contributed by atoms with van der Waals surface area (Å²) < 4.78 is 0. The molecule has 2 rings (SSSR count). The molecule has 0 unspecified atom stereocenters. The summed E-state index contributed by atoms with van der Waals surface area (Å²) in [6.07, 6.45) is 0. The van der Waals surface area contributed by atoms with Crippen molar-refractivity contribution < 1.29 is 9.72 Å². The molecule has 8 heteroatoms. The van der Waals surface area contributed by atoms with Crippen LogP contribution in [0.15, 0.2) is 36.4 Å². The maximum atomic E-state index is 12.0. The predicted molar refractivity (Wildman–Crippen MR) is 78.5 cm³/mol. The van der Waals surface area contributed by atoms with Crippen molar-refractivity contribution in [2.24, 2.45) is 0 Å². The molecule has 0 bridgehead atoms. The van der Waals surface area contributed by atoms with Gasteiger partial charge in [-0.1, -0.05) is 41.4 Å². The number of amides is 1. The van der Waals surface area contributed by atoms with E-state index in [1.165, 1.54) is 18.2 Å². The zero-order chi connectivity index (χ0) is 15.4. The van der Waals surface area contributed by atoms with Crippen LogP contribution in [0.1, 0.15) is 15.9 Å². The maximum absolute atomic E-state index is 12.0. The Morgan fingerprint density at radius 2 is 1.86 bits per heavy atom. The molecule has 1 aromatic heterocycles. The Hall–Kier alpha value is -2.18. The first kappa shape index (κ1) is 15.2. The lowest BCUT2D eigenvalue weighted by atomic mass is 10.1. The van der Waals surface area contributed by atoms with Gasteiger partial charge in [0.2, 0.25) is 0 Å². The summed E-state index contributed by atoms with van der Waals surface area (Å²) in [6, 6.07) is 8.90. The third-order valence-corrected chi connectivity index (χ3v) is 3.04. The van der Waals surface area contributed by atoms with Crippen LogP contribution in [0.5, 0.6) is 0 Å². The van der Waals surface area contributed by atoms with Crippen molar-refractivity contribution in [1.82, 2.24) is 10.3 Å². The van der Waals surface area contributed by atoms with Gasteiger partial charge in [-0.25, -0.2) is 4.98 Å². The Labute approximate surface area is 129 Å². The fourth-order valence-electron chi connectivity index (χ4n) is 1.71. The molecule has 0 saturated heterocycles. The number of pyridine rings is 1. The molecular formula is C13H9Cl2N3O3. The summed E-state index contributed by atoms with van der Waals surface area (Å²) in [5.74, 6) is -0.445. The van der Waals surface area contributed by atoms with Gasteiger partial charge in [-0.3, -0.25) is 14.9 Å². The highest BCUT2D eigenvalue weighted by atomic mass is 35.5. The Bertz CT molecular complexity index is 687. The average Bonchev–Trinajstić information content (AvgIpc) is 2.43. The van der Waals surface area contributed by atoms with E-state index in [2.05, 4.69) is 10.3 Å². The molecule has 0 aliphatic carbocycles. The second-order valence-electron chi connectivity index (χ2n) is 4.07. The van der Waals surface area contributed by atoms with Crippen LogP contribution in [0.25, 0.3) is 0 Å². The number of carbonyl (C=O) groups excluding carboxylic acids is 1. The van der Waals surface area contributed by atoms with Gasteiger partial charge in [0.05, 0.1) is 4.92 Å². The first-order valence-corrected chi connectivity index (χ1v) is 6.56. The highest BCUT2D eigenvalue weighted by Gasteiger charge is 2.14. The van der Waals surface area contributed by atoms with Gasteiger partial charge in [-0.2, -0.15) is 0 Å². The van der Waals surface area contributed by atoms with Gasteiger partial charge >= 0.3 is 0 Å². The van der Waals surface area contributed by atoms with Crippen LogP contribution in [0.4, 0.5) is 5.69 Å². The quantitative estimate of drug-likeness (QED) is 0.531. The number of rotatable bonds is 4. The van der Waals surface area contributed by atoms with Crippen LogP contribution in [0, 0.1) is 10.1 Å². The molecule has 108 valence electrons. The Balaban J connectivity index is 2.13. The summed E-state index contributed by atoms with van der Waals surface area (Å²) in [6.45, 7) is 0.0214. The highest BCUT2D eigenvalue weighted by Crippen LogP contribution is 2.18. The highest BCUT2D eigenvalue weighted by molar-refractivity contribution is 6.33. The summed E-state index contributed by atoms with van der Waals surface area (Å²) in [4.78, 5) is 26.1. The molecule has 0 aliphatic rings. The van der Waals surface area contributed by atoms with Crippen molar-refractivity contribution >= 4 is 34.8 Å². The fraction of sp³-hybridized carbons (Fsp3) is 0.0769. The Morgan fingerprint density at radius 1 is 1.24 bits per heavy atom. The molecule has 6 nitrogen and oxygen atoms in total. The molecule has 2 aromatic rings. The van der Waals surface area contributed by atoms with Crippen LogP contribution in [0.2, 0.25) is 10.3 Å².